The van der Waals surface area contributed by atoms with Gasteiger partial charge in [0, 0.05) is 52.0 Å². The molecule has 77 heavy (non-hydrogen) atoms. The van der Waals surface area contributed by atoms with E-state index in [1.807, 2.05) is 13.8 Å². The van der Waals surface area contributed by atoms with Gasteiger partial charge in [-0.05, 0) is 143 Å². The first-order valence-electron chi connectivity index (χ1n) is 26.1. The van der Waals surface area contributed by atoms with Crippen LogP contribution < -0.4 is 37.2 Å². The molecule has 0 spiro atoms. The number of carbonyl (C=O) groups is 8. The highest BCUT2D eigenvalue weighted by Crippen LogP contribution is 2.29. The van der Waals surface area contributed by atoms with Gasteiger partial charge in [-0.3, -0.25) is 19.2 Å². The number of benzene rings is 2. The van der Waals surface area contributed by atoms with Crippen molar-refractivity contribution in [3.8, 4) is 16.9 Å². The lowest BCUT2D eigenvalue weighted by Crippen LogP contribution is -2.60. The Morgan fingerprint density at radius 2 is 1.29 bits per heavy atom. The number of nitrogens with one attached hydrogen (secondary N) is 7. The average Bonchev–Trinajstić information content (AvgIpc) is 3.27. The second-order valence-corrected chi connectivity index (χ2v) is 23.8. The number of amides is 8. The molecule has 8 amide bonds. The molecule has 0 radical (unpaired) electrons. The molecular formula is C55H86N8O14. The zero-order valence-electron chi connectivity index (χ0n) is 47.7. The highest BCUT2D eigenvalue weighted by molar-refractivity contribution is 5.95. The number of aliphatic hydroxyl groups is 1. The minimum absolute atomic E-state index is 0.0984. The highest BCUT2D eigenvalue weighted by atomic mass is 16.6. The number of aliphatic hydroxyl groups excluding tert-OH is 1. The van der Waals surface area contributed by atoms with E-state index in [9.17, 15) is 43.8 Å². The molecule has 4 bridgehead atoms. The number of hydrogen-bond donors (Lipinski definition) is 9. The molecule has 2 aromatic rings. The molecule has 0 aliphatic carbocycles. The number of nitrogens with zero attached hydrogens (tertiary/aromatic N) is 1. The van der Waals surface area contributed by atoms with Crippen LogP contribution in [0, 0.1) is 5.92 Å². The molecule has 0 unspecified atom stereocenters. The quantitative estimate of drug-likeness (QED) is 0.0700. The third-order valence-corrected chi connectivity index (χ3v) is 11.3. The Hall–Kier alpha value is -6.84. The van der Waals surface area contributed by atoms with Crippen LogP contribution in [-0.4, -0.2) is 149 Å². The number of alkyl carbamates (subject to hydrolysis) is 4. The molecule has 1 aliphatic rings. The summed E-state index contributed by atoms with van der Waals surface area (Å²) in [6, 6.07) is 5.58. The van der Waals surface area contributed by atoms with Crippen LogP contribution in [0.4, 0.5) is 19.2 Å². The number of phenolic OH excluding ortho intramolecular Hbond substituents is 1. The molecule has 0 aromatic heterocycles. The van der Waals surface area contributed by atoms with Gasteiger partial charge in [0.2, 0.25) is 23.6 Å². The highest BCUT2D eigenvalue weighted by Gasteiger charge is 2.38. The summed E-state index contributed by atoms with van der Waals surface area (Å²) in [6.45, 7) is 23.6. The topological polar surface area (TPSA) is 301 Å². The predicted octanol–water partition coefficient (Wildman–Crippen LogP) is 5.48. The molecule has 0 saturated carbocycles. The maximum Gasteiger partial charge on any atom is 0.408 e. The van der Waals surface area contributed by atoms with Gasteiger partial charge >= 0.3 is 24.4 Å². The molecule has 1 heterocycles. The Morgan fingerprint density at radius 1 is 0.714 bits per heavy atom. The van der Waals surface area contributed by atoms with Crippen molar-refractivity contribution in [3.63, 3.8) is 0 Å². The summed E-state index contributed by atoms with van der Waals surface area (Å²) in [4.78, 5) is 111. The normalized spacial score (nSPS) is 17.7. The van der Waals surface area contributed by atoms with E-state index in [1.54, 1.807) is 119 Å². The molecule has 3 rings (SSSR count). The van der Waals surface area contributed by atoms with Crippen LogP contribution in [0.2, 0.25) is 0 Å². The minimum atomic E-state index is -1.61. The van der Waals surface area contributed by atoms with Gasteiger partial charge in [0.1, 0.15) is 52.3 Å². The summed E-state index contributed by atoms with van der Waals surface area (Å²) in [7, 11) is 1.35. The summed E-state index contributed by atoms with van der Waals surface area (Å²) >= 11 is 0. The van der Waals surface area contributed by atoms with E-state index in [1.165, 1.54) is 13.1 Å². The summed E-state index contributed by atoms with van der Waals surface area (Å²) in [5, 5.41) is 41.3. The number of rotatable bonds is 17. The van der Waals surface area contributed by atoms with Gasteiger partial charge in [0.25, 0.3) is 0 Å². The summed E-state index contributed by atoms with van der Waals surface area (Å²) in [5.41, 5.74) is -1.28. The monoisotopic (exact) mass is 1080 g/mol. The number of hydrogen-bond acceptors (Lipinski definition) is 14. The Kier molecular flexibility index (Phi) is 23.4. The van der Waals surface area contributed by atoms with Crippen molar-refractivity contribution in [1.82, 2.24) is 42.1 Å². The van der Waals surface area contributed by atoms with Crippen LogP contribution in [0.5, 0.6) is 5.75 Å². The Labute approximate surface area is 453 Å². The van der Waals surface area contributed by atoms with Crippen molar-refractivity contribution >= 4 is 48.0 Å². The van der Waals surface area contributed by atoms with E-state index in [0.717, 1.165) is 4.90 Å². The number of ether oxygens (including phenoxy) is 4. The van der Waals surface area contributed by atoms with E-state index in [0.29, 0.717) is 23.1 Å². The van der Waals surface area contributed by atoms with Gasteiger partial charge in [0.15, 0.2) is 0 Å². The van der Waals surface area contributed by atoms with Crippen LogP contribution >= 0.6 is 0 Å². The van der Waals surface area contributed by atoms with E-state index in [4.69, 9.17) is 18.9 Å². The van der Waals surface area contributed by atoms with E-state index < -0.39 is 120 Å². The van der Waals surface area contributed by atoms with Gasteiger partial charge < -0.3 is 71.3 Å². The molecule has 0 saturated heterocycles. The van der Waals surface area contributed by atoms with Crippen molar-refractivity contribution < 1.29 is 67.5 Å². The fourth-order valence-electron chi connectivity index (χ4n) is 7.95. The van der Waals surface area contributed by atoms with Crippen molar-refractivity contribution in [2.24, 2.45) is 5.92 Å². The Balaban J connectivity index is 2.08. The number of aromatic hydroxyl groups is 1. The maximum atomic E-state index is 15.0. The van der Waals surface area contributed by atoms with Gasteiger partial charge in [-0.25, -0.2) is 19.2 Å². The molecule has 22 nitrogen and oxygen atoms in total. The molecule has 430 valence electrons. The summed E-state index contributed by atoms with van der Waals surface area (Å²) in [5.74, 6) is -3.45. The fraction of sp³-hybridized carbons (Fsp3) is 0.636. The molecule has 22 heteroatoms. The number of carbonyl (C=O) groups excluding carboxylic acids is 8. The molecule has 6 atom stereocenters. The number of fused-ring (bicyclic) bond motifs is 5. The van der Waals surface area contributed by atoms with E-state index >= 15 is 4.79 Å². The molecule has 2 aromatic carbocycles. The first-order valence-corrected chi connectivity index (χ1v) is 26.1. The maximum absolute atomic E-state index is 15.0. The van der Waals surface area contributed by atoms with Crippen LogP contribution in [0.1, 0.15) is 134 Å². The average molecular weight is 1080 g/mol. The van der Waals surface area contributed by atoms with Crippen molar-refractivity contribution in [3.05, 3.63) is 53.6 Å². The van der Waals surface area contributed by atoms with Crippen LogP contribution in [0.15, 0.2) is 42.5 Å². The lowest BCUT2D eigenvalue weighted by molar-refractivity contribution is -0.143. The van der Waals surface area contributed by atoms with Crippen LogP contribution in [0.25, 0.3) is 11.1 Å². The first kappa shape index (κ1) is 64.4. The smallest absolute Gasteiger partial charge is 0.408 e. The third-order valence-electron chi connectivity index (χ3n) is 11.3. The lowest BCUT2D eigenvalue weighted by atomic mass is 9.95. The van der Waals surface area contributed by atoms with E-state index in [2.05, 4.69) is 37.2 Å². The fourth-order valence-corrected chi connectivity index (χ4v) is 7.95. The summed E-state index contributed by atoms with van der Waals surface area (Å²) < 4.78 is 21.6. The largest absolute Gasteiger partial charge is 0.508 e. The molecule has 9 N–H and O–H groups in total. The Morgan fingerprint density at radius 3 is 1.88 bits per heavy atom. The summed E-state index contributed by atoms with van der Waals surface area (Å²) in [6.07, 6.45) is -4.75. The van der Waals surface area contributed by atoms with Crippen molar-refractivity contribution in [2.75, 3.05) is 26.7 Å². The second-order valence-electron chi connectivity index (χ2n) is 23.8. The second kappa shape index (κ2) is 28.0. The molecule has 1 aliphatic heterocycles. The van der Waals surface area contributed by atoms with Crippen molar-refractivity contribution in [1.29, 1.82) is 0 Å². The van der Waals surface area contributed by atoms with Crippen LogP contribution in [-0.2, 0) is 51.0 Å². The Bertz CT molecular complexity index is 2370. The predicted molar refractivity (Wildman–Crippen MR) is 288 cm³/mol. The molecular weight excluding hydrogens is 997 g/mol. The molecule has 0 fully saturated rings. The zero-order chi connectivity index (χ0) is 58.2. The van der Waals surface area contributed by atoms with Gasteiger partial charge in [-0.2, -0.15) is 0 Å². The third kappa shape index (κ3) is 24.4. The van der Waals surface area contributed by atoms with Crippen LogP contribution in [0.3, 0.4) is 0 Å². The van der Waals surface area contributed by atoms with Gasteiger partial charge in [0.05, 0.1) is 6.10 Å². The van der Waals surface area contributed by atoms with Gasteiger partial charge in [-0.15, -0.1) is 0 Å². The lowest BCUT2D eigenvalue weighted by Gasteiger charge is -2.33. The number of phenols is 1. The standard InChI is InChI=1S/C55H86N8O14/c1-32(2)24-39(44(66)57-30-37(59-50(72)76-54(9,10)11)20-17-23-56-48(70)74-52(3,4)5)60-46(68)42-26-33-18-16-19-34(25-33)35-21-22-43(65)36(27-35)28-40(62-51(73)77-55(12,13)14)45(67)61-41(47(69)63(42)15)29-38(64)31-58-49(71)75-53(6,7)8/h16,18-19,21-22,25,27,32,37-42,64-65H,17,20,23-24,26,28-31H2,1-15H3,(H,56,70)(H,57,66)(H,58,71)(H,59,72)(H,60,68)(H,61,67)(H,62,73)/t37-,38+,39-,40-,41-,42-/m0/s1. The SMILES string of the molecule is CC(C)C[C@H](NC(=O)[C@@H]1Cc2cccc(c2)-c2ccc(O)c(c2)C[C@H](NC(=O)OC(C)(C)C)C(=O)N[C@@H](C[C@@H](O)CNC(=O)OC(C)(C)C)C(=O)N1C)C(=O)NC[C@H](CCCNC(=O)OC(C)(C)C)NC(=O)OC(C)(C)C. The number of likely N-dealkylation sites (N-methyl/N-ethyl adjacent to an activating group) is 1. The van der Waals surface area contributed by atoms with E-state index in [-0.39, 0.29) is 56.0 Å². The minimum Gasteiger partial charge on any atom is -0.508 e. The zero-order valence-corrected chi connectivity index (χ0v) is 47.7. The van der Waals surface area contributed by atoms with Gasteiger partial charge in [-0.1, -0.05) is 44.2 Å². The van der Waals surface area contributed by atoms with Crippen molar-refractivity contribution in [2.45, 2.75) is 194 Å². The first-order chi connectivity index (χ1) is 35.5.